The summed E-state index contributed by atoms with van der Waals surface area (Å²) in [6.07, 6.45) is 3.38. The van der Waals surface area contributed by atoms with E-state index in [2.05, 4.69) is 120 Å². The second kappa shape index (κ2) is 7.10. The van der Waals surface area contributed by atoms with Gasteiger partial charge in [-0.1, -0.05) is 120 Å². The van der Waals surface area contributed by atoms with Crippen molar-refractivity contribution in [3.05, 3.63) is 106 Å². The number of hydrogen-bond acceptors (Lipinski definition) is 1. The number of benzene rings is 3. The van der Waals surface area contributed by atoms with Crippen LogP contribution in [0.4, 0.5) is 0 Å². The lowest BCUT2D eigenvalue weighted by Gasteiger charge is -2.47. The first-order valence-electron chi connectivity index (χ1n) is 11.8. The minimum absolute atomic E-state index is 0.0102. The van der Waals surface area contributed by atoms with Gasteiger partial charge >= 0.3 is 0 Å². The Bertz CT molecular complexity index is 1170. The molecule has 1 fully saturated rings. The quantitative estimate of drug-likeness (QED) is 0.405. The smallest absolute Gasteiger partial charge is 0.163 e. The standard InChI is InChI=1S/C31H34O/c1-29(2,3)23-18-25-26-20-24(17-21-13-9-7-10-14-21)31(26,22-15-11-8-12-16-22)32-28(25)27(19-23)30(4,5)6/h7-19,26H,20H2,1-6H3/t26-,31-/m1/s1. The van der Waals surface area contributed by atoms with Crippen molar-refractivity contribution in [2.75, 3.05) is 0 Å². The molecule has 1 aliphatic carbocycles. The van der Waals surface area contributed by atoms with Gasteiger partial charge in [-0.15, -0.1) is 0 Å². The molecule has 1 saturated carbocycles. The van der Waals surface area contributed by atoms with Gasteiger partial charge in [-0.2, -0.15) is 0 Å². The molecule has 1 nitrogen and oxygen atoms in total. The number of rotatable bonds is 2. The molecule has 32 heavy (non-hydrogen) atoms. The van der Waals surface area contributed by atoms with E-state index >= 15 is 0 Å². The minimum atomic E-state index is -0.407. The predicted molar refractivity (Wildman–Crippen MR) is 134 cm³/mol. The van der Waals surface area contributed by atoms with Crippen LogP contribution in [0, 0.1) is 0 Å². The summed E-state index contributed by atoms with van der Waals surface area (Å²) in [5.41, 5.74) is 7.67. The van der Waals surface area contributed by atoms with Gasteiger partial charge in [-0.3, -0.25) is 0 Å². The first kappa shape index (κ1) is 21.1. The van der Waals surface area contributed by atoms with Crippen molar-refractivity contribution in [2.24, 2.45) is 0 Å². The minimum Gasteiger partial charge on any atom is -0.477 e. The van der Waals surface area contributed by atoms with Crippen LogP contribution in [0.2, 0.25) is 0 Å². The fourth-order valence-electron chi connectivity index (χ4n) is 5.30. The summed E-state index contributed by atoms with van der Waals surface area (Å²) in [4.78, 5) is 0. The fraction of sp³-hybridized carbons (Fsp3) is 0.355. The SMILES string of the molecule is CC(C)(C)c1cc2c(c(C(C)(C)C)c1)O[C@]1(c3ccccc3)C(=Cc3ccccc3)C[C@H]21. The molecule has 0 saturated heterocycles. The van der Waals surface area contributed by atoms with Crippen LogP contribution in [0.5, 0.6) is 5.75 Å². The second-order valence-corrected chi connectivity index (χ2v) is 11.5. The topological polar surface area (TPSA) is 9.23 Å². The van der Waals surface area contributed by atoms with Crippen LogP contribution in [-0.2, 0) is 16.4 Å². The van der Waals surface area contributed by atoms with Gasteiger partial charge in [0.05, 0.1) is 0 Å². The average Bonchev–Trinajstić information content (AvgIpc) is 3.00. The number of ether oxygens (including phenoxy) is 1. The molecule has 0 radical (unpaired) electrons. The highest BCUT2D eigenvalue weighted by atomic mass is 16.5. The summed E-state index contributed by atoms with van der Waals surface area (Å²) in [6.45, 7) is 13.8. The third-order valence-electron chi connectivity index (χ3n) is 7.17. The van der Waals surface area contributed by atoms with Crippen LogP contribution in [-0.4, -0.2) is 0 Å². The molecule has 0 amide bonds. The molecular weight excluding hydrogens is 388 g/mol. The van der Waals surface area contributed by atoms with Crippen LogP contribution in [0.3, 0.4) is 0 Å². The summed E-state index contributed by atoms with van der Waals surface area (Å²) in [5, 5.41) is 0. The molecule has 5 rings (SSSR count). The molecule has 164 valence electrons. The van der Waals surface area contributed by atoms with Gasteiger partial charge in [-0.25, -0.2) is 0 Å². The molecule has 3 aromatic rings. The molecule has 0 aromatic heterocycles. The largest absolute Gasteiger partial charge is 0.477 e. The Labute approximate surface area is 193 Å². The molecule has 0 bridgehead atoms. The Balaban J connectivity index is 1.72. The van der Waals surface area contributed by atoms with E-state index < -0.39 is 5.60 Å². The molecular formula is C31H34O. The van der Waals surface area contributed by atoms with Crippen molar-refractivity contribution in [1.82, 2.24) is 0 Å². The zero-order valence-electron chi connectivity index (χ0n) is 20.2. The molecule has 1 heteroatoms. The molecule has 1 heterocycles. The lowest BCUT2D eigenvalue weighted by Crippen LogP contribution is -2.46. The van der Waals surface area contributed by atoms with E-state index in [-0.39, 0.29) is 10.8 Å². The number of fused-ring (bicyclic) bond motifs is 3. The Kier molecular flexibility index (Phi) is 4.68. The maximum atomic E-state index is 7.12. The van der Waals surface area contributed by atoms with Crippen LogP contribution < -0.4 is 4.74 Å². The number of hydrogen-bond donors (Lipinski definition) is 0. The average molecular weight is 423 g/mol. The summed E-state index contributed by atoms with van der Waals surface area (Å²) in [7, 11) is 0. The molecule has 2 aliphatic rings. The van der Waals surface area contributed by atoms with Gasteiger partial charge in [-0.05, 0) is 34.0 Å². The van der Waals surface area contributed by atoms with Crippen LogP contribution in [0.15, 0.2) is 78.4 Å². The van der Waals surface area contributed by atoms with E-state index in [0.717, 1.165) is 12.2 Å². The molecule has 0 unspecified atom stereocenters. The van der Waals surface area contributed by atoms with Gasteiger partial charge in [0, 0.05) is 22.6 Å². The molecule has 3 aromatic carbocycles. The normalized spacial score (nSPS) is 23.3. The highest BCUT2D eigenvalue weighted by Gasteiger charge is 2.60. The highest BCUT2D eigenvalue weighted by Crippen LogP contribution is 2.66. The van der Waals surface area contributed by atoms with Crippen LogP contribution >= 0.6 is 0 Å². The van der Waals surface area contributed by atoms with Crippen molar-refractivity contribution in [2.45, 2.75) is 70.3 Å². The molecule has 0 spiro atoms. The van der Waals surface area contributed by atoms with Crippen molar-refractivity contribution in [3.8, 4) is 5.75 Å². The Morgan fingerprint density at radius 2 is 1.44 bits per heavy atom. The summed E-state index contributed by atoms with van der Waals surface area (Å²) >= 11 is 0. The van der Waals surface area contributed by atoms with Crippen molar-refractivity contribution in [3.63, 3.8) is 0 Å². The predicted octanol–water partition coefficient (Wildman–Crippen LogP) is 8.14. The Morgan fingerprint density at radius 1 is 0.812 bits per heavy atom. The zero-order chi connectivity index (χ0) is 22.7. The second-order valence-electron chi connectivity index (χ2n) is 11.5. The lowest BCUT2D eigenvalue weighted by molar-refractivity contribution is 0.0565. The first-order chi connectivity index (χ1) is 15.1. The van der Waals surface area contributed by atoms with E-state index in [4.69, 9.17) is 4.74 Å². The van der Waals surface area contributed by atoms with Gasteiger partial charge in [0.25, 0.3) is 0 Å². The van der Waals surface area contributed by atoms with E-state index in [9.17, 15) is 0 Å². The molecule has 0 N–H and O–H groups in total. The fourth-order valence-corrected chi connectivity index (χ4v) is 5.30. The third-order valence-corrected chi connectivity index (χ3v) is 7.17. The van der Waals surface area contributed by atoms with Crippen molar-refractivity contribution >= 4 is 6.08 Å². The van der Waals surface area contributed by atoms with Crippen LogP contribution in [0.1, 0.15) is 81.7 Å². The molecule has 1 aliphatic heterocycles. The first-order valence-corrected chi connectivity index (χ1v) is 11.8. The zero-order valence-corrected chi connectivity index (χ0v) is 20.2. The Hall–Kier alpha value is -2.80. The third kappa shape index (κ3) is 3.22. The maximum Gasteiger partial charge on any atom is 0.163 e. The van der Waals surface area contributed by atoms with Gasteiger partial charge in [0.2, 0.25) is 0 Å². The van der Waals surface area contributed by atoms with E-state index in [1.54, 1.807) is 0 Å². The summed E-state index contributed by atoms with van der Waals surface area (Å²) in [6, 6.07) is 26.3. The van der Waals surface area contributed by atoms with E-state index in [1.165, 1.54) is 33.4 Å². The van der Waals surface area contributed by atoms with Gasteiger partial charge < -0.3 is 4.74 Å². The molecule has 2 atom stereocenters. The van der Waals surface area contributed by atoms with Crippen LogP contribution in [0.25, 0.3) is 6.08 Å². The van der Waals surface area contributed by atoms with Gasteiger partial charge in [0.1, 0.15) is 5.75 Å². The summed E-state index contributed by atoms with van der Waals surface area (Å²) < 4.78 is 7.12. The van der Waals surface area contributed by atoms with Crippen molar-refractivity contribution in [1.29, 1.82) is 0 Å². The van der Waals surface area contributed by atoms with Gasteiger partial charge in [0.15, 0.2) is 5.60 Å². The van der Waals surface area contributed by atoms with E-state index in [0.29, 0.717) is 5.92 Å². The maximum absolute atomic E-state index is 7.12. The summed E-state index contributed by atoms with van der Waals surface area (Å²) in [5.74, 6) is 1.45. The highest BCUT2D eigenvalue weighted by molar-refractivity contribution is 5.68. The lowest BCUT2D eigenvalue weighted by atomic mass is 9.60. The van der Waals surface area contributed by atoms with E-state index in [1.807, 2.05) is 0 Å². The van der Waals surface area contributed by atoms with Crippen molar-refractivity contribution < 1.29 is 4.74 Å². The Morgan fingerprint density at radius 3 is 2.03 bits per heavy atom. The monoisotopic (exact) mass is 422 g/mol.